The predicted molar refractivity (Wildman–Crippen MR) is 92.0 cm³/mol. The maximum Gasteiger partial charge on any atom is 0.256 e. The molecule has 23 heavy (non-hydrogen) atoms. The number of nitrogen functional groups attached to an aromatic ring is 1. The molecule has 0 aromatic heterocycles. The molecule has 1 aromatic rings. The highest BCUT2D eigenvalue weighted by atomic mass is 35.5. The van der Waals surface area contributed by atoms with E-state index in [2.05, 4.69) is 17.1 Å². The van der Waals surface area contributed by atoms with E-state index >= 15 is 0 Å². The van der Waals surface area contributed by atoms with Gasteiger partial charge in [0, 0.05) is 25.1 Å². The van der Waals surface area contributed by atoms with Crippen molar-refractivity contribution in [1.29, 1.82) is 0 Å². The molecule has 126 valence electrons. The van der Waals surface area contributed by atoms with E-state index < -0.39 is 0 Å². The quantitative estimate of drug-likeness (QED) is 0.829. The number of carbonyl (C=O) groups excluding carboxylic acids is 1. The molecule has 0 radical (unpaired) electrons. The van der Waals surface area contributed by atoms with Gasteiger partial charge in [-0.1, -0.05) is 24.9 Å². The van der Waals surface area contributed by atoms with Crippen LogP contribution in [0.15, 0.2) is 6.07 Å². The van der Waals surface area contributed by atoms with Gasteiger partial charge in [0.15, 0.2) is 0 Å². The number of nitrogens with two attached hydrogens (primary N) is 1. The molecule has 2 aliphatic rings. The summed E-state index contributed by atoms with van der Waals surface area (Å²) < 4.78 is 5.63. The lowest BCUT2D eigenvalue weighted by molar-refractivity contribution is 0.0805. The molecule has 1 aromatic carbocycles. The molecule has 1 amide bonds. The fraction of sp³-hybridized carbons (Fsp3) is 0.588. The number of nitrogens with one attached hydrogen (secondary N) is 1. The normalized spacial score (nSPS) is 19.0. The topological polar surface area (TPSA) is 67.6 Å². The molecular formula is C17H24ClN3O2. The van der Waals surface area contributed by atoms with E-state index in [-0.39, 0.29) is 12.1 Å². The zero-order valence-corrected chi connectivity index (χ0v) is 14.3. The van der Waals surface area contributed by atoms with Crippen LogP contribution in [-0.4, -0.2) is 36.7 Å². The van der Waals surface area contributed by atoms with Crippen LogP contribution < -0.4 is 15.8 Å². The van der Waals surface area contributed by atoms with Gasteiger partial charge in [-0.2, -0.15) is 0 Å². The molecular weight excluding hydrogens is 314 g/mol. The van der Waals surface area contributed by atoms with Crippen LogP contribution in [0.2, 0.25) is 5.02 Å². The number of anilines is 1. The highest BCUT2D eigenvalue weighted by Gasteiger charge is 2.27. The van der Waals surface area contributed by atoms with Gasteiger partial charge in [0.1, 0.15) is 5.75 Å². The molecule has 1 atom stereocenters. The number of nitrogens with zero attached hydrogens (tertiary/aromatic N) is 1. The maximum absolute atomic E-state index is 12.8. The van der Waals surface area contributed by atoms with E-state index in [0.717, 1.165) is 25.1 Å². The number of ether oxygens (including phenoxy) is 1. The maximum atomic E-state index is 12.8. The number of amides is 1. The van der Waals surface area contributed by atoms with Gasteiger partial charge in [0.25, 0.3) is 5.91 Å². The molecule has 1 unspecified atom stereocenters. The second kappa shape index (κ2) is 6.97. The lowest BCUT2D eigenvalue weighted by atomic mass is 10.0. The van der Waals surface area contributed by atoms with Gasteiger partial charge in [-0.3, -0.25) is 9.69 Å². The number of halogens is 1. The summed E-state index contributed by atoms with van der Waals surface area (Å²) in [6, 6.07) is 1.62. The zero-order valence-electron chi connectivity index (χ0n) is 13.5. The Labute approximate surface area is 142 Å². The largest absolute Gasteiger partial charge is 0.492 e. The van der Waals surface area contributed by atoms with Crippen molar-refractivity contribution >= 4 is 23.2 Å². The molecule has 1 saturated heterocycles. The third-order valence-electron chi connectivity index (χ3n) is 4.73. The second-order valence-electron chi connectivity index (χ2n) is 6.22. The first-order valence-electron chi connectivity index (χ1n) is 8.40. The summed E-state index contributed by atoms with van der Waals surface area (Å²) in [5.74, 6) is 0.459. The van der Waals surface area contributed by atoms with Gasteiger partial charge in [-0.25, -0.2) is 0 Å². The molecule has 1 fully saturated rings. The Morgan fingerprint density at radius 1 is 1.43 bits per heavy atom. The van der Waals surface area contributed by atoms with E-state index in [1.165, 1.54) is 19.3 Å². The van der Waals surface area contributed by atoms with Crippen LogP contribution in [0.1, 0.15) is 48.5 Å². The van der Waals surface area contributed by atoms with Gasteiger partial charge < -0.3 is 15.8 Å². The molecule has 3 rings (SSSR count). The molecule has 5 nitrogen and oxygen atoms in total. The summed E-state index contributed by atoms with van der Waals surface area (Å²) in [7, 11) is 0. The van der Waals surface area contributed by atoms with E-state index in [9.17, 15) is 4.79 Å². The molecule has 0 bridgehead atoms. The van der Waals surface area contributed by atoms with Gasteiger partial charge >= 0.3 is 0 Å². The Balaban J connectivity index is 1.80. The number of rotatable bonds is 4. The number of hydrogen-bond donors (Lipinski definition) is 2. The van der Waals surface area contributed by atoms with Gasteiger partial charge in [0.2, 0.25) is 0 Å². The van der Waals surface area contributed by atoms with E-state index in [0.29, 0.717) is 35.1 Å². The average Bonchev–Trinajstić information content (AvgIpc) is 3.06. The third kappa shape index (κ3) is 3.26. The molecule has 0 spiro atoms. The summed E-state index contributed by atoms with van der Waals surface area (Å²) in [4.78, 5) is 15.1. The fourth-order valence-electron chi connectivity index (χ4n) is 3.45. The Morgan fingerprint density at radius 3 is 2.87 bits per heavy atom. The Morgan fingerprint density at radius 2 is 2.17 bits per heavy atom. The van der Waals surface area contributed by atoms with Crippen molar-refractivity contribution in [2.45, 2.75) is 45.2 Å². The summed E-state index contributed by atoms with van der Waals surface area (Å²) in [6.07, 6.45) is 5.28. The molecule has 3 N–H and O–H groups in total. The molecule has 6 heteroatoms. The standard InChI is InChI=1S/C17H24ClN3O2/c1-2-14(21-7-4-3-5-8-21)20-17(22)12-10-13(18)15(19)11-6-9-23-16(11)12/h10,14H,2-9,19H2,1H3,(H,20,22). The summed E-state index contributed by atoms with van der Waals surface area (Å²) >= 11 is 6.19. The number of fused-ring (bicyclic) bond motifs is 1. The van der Waals surface area contributed by atoms with Crippen molar-refractivity contribution in [3.05, 3.63) is 22.2 Å². The van der Waals surface area contributed by atoms with Crippen LogP contribution in [-0.2, 0) is 6.42 Å². The number of piperidine rings is 1. The smallest absolute Gasteiger partial charge is 0.256 e. The summed E-state index contributed by atoms with van der Waals surface area (Å²) in [5, 5.41) is 3.56. The number of benzene rings is 1. The number of carbonyl (C=O) groups is 1. The van der Waals surface area contributed by atoms with Crippen molar-refractivity contribution in [2.24, 2.45) is 0 Å². The number of hydrogen-bond acceptors (Lipinski definition) is 4. The van der Waals surface area contributed by atoms with E-state index in [1.807, 2.05) is 0 Å². The zero-order chi connectivity index (χ0) is 16.4. The van der Waals surface area contributed by atoms with Crippen molar-refractivity contribution in [1.82, 2.24) is 10.2 Å². The minimum Gasteiger partial charge on any atom is -0.492 e. The monoisotopic (exact) mass is 337 g/mol. The van der Waals surface area contributed by atoms with Crippen molar-refractivity contribution in [3.8, 4) is 5.75 Å². The van der Waals surface area contributed by atoms with Gasteiger partial charge in [0.05, 0.1) is 29.0 Å². The van der Waals surface area contributed by atoms with Crippen LogP contribution in [0.5, 0.6) is 5.75 Å². The highest BCUT2D eigenvalue weighted by molar-refractivity contribution is 6.33. The van der Waals surface area contributed by atoms with Crippen LogP contribution in [0.25, 0.3) is 0 Å². The van der Waals surface area contributed by atoms with Gasteiger partial charge in [-0.15, -0.1) is 0 Å². The average molecular weight is 338 g/mol. The van der Waals surface area contributed by atoms with Crippen LogP contribution in [0.3, 0.4) is 0 Å². The minimum atomic E-state index is -0.137. The van der Waals surface area contributed by atoms with Crippen LogP contribution in [0, 0.1) is 0 Å². The minimum absolute atomic E-state index is 0.0520. The van der Waals surface area contributed by atoms with E-state index in [1.54, 1.807) is 6.07 Å². The Bertz CT molecular complexity index is 600. The summed E-state index contributed by atoms with van der Waals surface area (Å²) in [6.45, 7) is 4.71. The lowest BCUT2D eigenvalue weighted by Crippen LogP contribution is -2.49. The molecule has 0 aliphatic carbocycles. The van der Waals surface area contributed by atoms with Crippen molar-refractivity contribution in [3.63, 3.8) is 0 Å². The van der Waals surface area contributed by atoms with E-state index in [4.69, 9.17) is 22.1 Å². The molecule has 2 heterocycles. The lowest BCUT2D eigenvalue weighted by Gasteiger charge is -2.34. The Kier molecular flexibility index (Phi) is 4.97. The van der Waals surface area contributed by atoms with Crippen molar-refractivity contribution < 1.29 is 9.53 Å². The van der Waals surface area contributed by atoms with Gasteiger partial charge in [-0.05, 0) is 25.3 Å². The highest BCUT2D eigenvalue weighted by Crippen LogP contribution is 2.38. The first-order chi connectivity index (χ1) is 11.1. The SMILES string of the molecule is CCC(NC(=O)c1cc(Cl)c(N)c2c1OCC2)N1CCCCC1. The Hall–Kier alpha value is -1.46. The van der Waals surface area contributed by atoms with Crippen molar-refractivity contribution in [2.75, 3.05) is 25.4 Å². The van der Waals surface area contributed by atoms with Crippen LogP contribution in [0.4, 0.5) is 5.69 Å². The summed E-state index contributed by atoms with van der Waals surface area (Å²) in [5.41, 5.74) is 7.87. The second-order valence-corrected chi connectivity index (χ2v) is 6.63. The molecule has 2 aliphatic heterocycles. The van der Waals surface area contributed by atoms with Crippen LogP contribution >= 0.6 is 11.6 Å². The first-order valence-corrected chi connectivity index (χ1v) is 8.78. The number of likely N-dealkylation sites (tertiary alicyclic amines) is 1. The third-order valence-corrected chi connectivity index (χ3v) is 5.04. The predicted octanol–water partition coefficient (Wildman–Crippen LogP) is 2.81. The molecule has 0 saturated carbocycles. The first kappa shape index (κ1) is 16.4. The fourth-order valence-corrected chi connectivity index (χ4v) is 3.67.